The van der Waals surface area contributed by atoms with Crippen LogP contribution in [0.5, 0.6) is 0 Å². The van der Waals surface area contributed by atoms with Gasteiger partial charge in [0.2, 0.25) is 0 Å². The predicted molar refractivity (Wildman–Crippen MR) is 146 cm³/mol. The molecule has 3 N–H and O–H groups in total. The van der Waals surface area contributed by atoms with Gasteiger partial charge in [-0.2, -0.15) is 5.10 Å². The van der Waals surface area contributed by atoms with Crippen molar-refractivity contribution in [3.63, 3.8) is 0 Å². The average Bonchev–Trinajstić information content (AvgIpc) is 3.53. The van der Waals surface area contributed by atoms with E-state index in [1.54, 1.807) is 42.1 Å². The lowest BCUT2D eigenvalue weighted by Crippen LogP contribution is -2.54. The number of hydrogen-bond donors (Lipinski definition) is 3. The summed E-state index contributed by atoms with van der Waals surface area (Å²) in [5, 5.41) is 29.0. The molecule has 2 amide bonds. The number of carbonyl (C=O) groups is 2. The maximum atomic E-state index is 13.6. The van der Waals surface area contributed by atoms with Gasteiger partial charge in [0.1, 0.15) is 0 Å². The number of aliphatic hydroxyl groups is 2. The Morgan fingerprint density at radius 2 is 1.84 bits per heavy atom. The maximum absolute atomic E-state index is 13.6. The lowest BCUT2D eigenvalue weighted by Gasteiger charge is -2.38. The molecule has 0 saturated carbocycles. The lowest BCUT2D eigenvalue weighted by molar-refractivity contribution is -0.155. The van der Waals surface area contributed by atoms with Crippen molar-refractivity contribution >= 4 is 23.4 Å². The molecule has 200 valence electrons. The van der Waals surface area contributed by atoms with Gasteiger partial charge in [0.05, 0.1) is 17.3 Å². The van der Waals surface area contributed by atoms with Crippen molar-refractivity contribution in [2.45, 2.75) is 51.0 Å². The standard InChI is InChI=1S/C29H33ClN4O4/c1-5-29(21-8-6-9-22(30)16-21)17-28(3,4)18-33(29)27(38)25(36)24(35)26(37)32-19(2)20-10-12-23(13-11-20)34-15-7-14-31-34/h5-16,19,24-25,35-36H,1,17-18H2,2-4H3,(H,32,37)/t19-,24-,25-,29+/m1/s1. The Hall–Kier alpha value is -3.46. The summed E-state index contributed by atoms with van der Waals surface area (Å²) in [6.45, 7) is 10.1. The highest BCUT2D eigenvalue weighted by molar-refractivity contribution is 6.30. The molecule has 0 bridgehead atoms. The number of nitrogens with zero attached hydrogens (tertiary/aromatic N) is 3. The van der Waals surface area contributed by atoms with Crippen molar-refractivity contribution in [3.8, 4) is 5.69 Å². The number of rotatable bonds is 8. The summed E-state index contributed by atoms with van der Waals surface area (Å²) in [7, 11) is 0. The number of benzene rings is 2. The summed E-state index contributed by atoms with van der Waals surface area (Å²) < 4.78 is 1.71. The van der Waals surface area contributed by atoms with E-state index in [1.165, 1.54) is 4.90 Å². The molecule has 0 unspecified atom stereocenters. The van der Waals surface area contributed by atoms with Gasteiger partial charge in [-0.15, -0.1) is 6.58 Å². The van der Waals surface area contributed by atoms with E-state index in [0.29, 0.717) is 18.0 Å². The molecule has 8 nitrogen and oxygen atoms in total. The average molecular weight is 537 g/mol. The van der Waals surface area contributed by atoms with E-state index < -0.39 is 35.6 Å². The molecule has 1 aromatic heterocycles. The van der Waals surface area contributed by atoms with Crippen LogP contribution in [-0.4, -0.2) is 55.5 Å². The van der Waals surface area contributed by atoms with Gasteiger partial charge in [0.25, 0.3) is 11.8 Å². The number of aliphatic hydroxyl groups excluding tert-OH is 2. The normalized spacial score (nSPS) is 20.9. The van der Waals surface area contributed by atoms with E-state index >= 15 is 0 Å². The van der Waals surface area contributed by atoms with Crippen LogP contribution in [0.1, 0.15) is 44.4 Å². The van der Waals surface area contributed by atoms with Crippen LogP contribution in [-0.2, 0) is 15.1 Å². The molecule has 1 fully saturated rings. The second-order valence-corrected chi connectivity index (χ2v) is 11.0. The van der Waals surface area contributed by atoms with Gasteiger partial charge in [-0.05, 0) is 60.2 Å². The molecular formula is C29H33ClN4O4. The second-order valence-electron chi connectivity index (χ2n) is 10.6. The van der Waals surface area contributed by atoms with Crippen LogP contribution in [0.3, 0.4) is 0 Å². The molecule has 38 heavy (non-hydrogen) atoms. The summed E-state index contributed by atoms with van der Waals surface area (Å²) in [6.07, 6.45) is 1.79. The topological polar surface area (TPSA) is 108 Å². The molecule has 1 aliphatic rings. The van der Waals surface area contributed by atoms with E-state index in [1.807, 2.05) is 56.4 Å². The monoisotopic (exact) mass is 536 g/mol. The van der Waals surface area contributed by atoms with Crippen molar-refractivity contribution < 1.29 is 19.8 Å². The fraction of sp³-hybridized carbons (Fsp3) is 0.345. The SMILES string of the molecule is C=C[C@@]1(c2cccc(Cl)c2)CC(C)(C)CN1C(=O)[C@H](O)[C@@H](O)C(=O)N[C@H](C)c1ccc(-n2cccn2)cc1. The fourth-order valence-corrected chi connectivity index (χ4v) is 5.39. The Morgan fingerprint density at radius 1 is 1.13 bits per heavy atom. The molecule has 4 rings (SSSR count). The third-order valence-corrected chi connectivity index (χ3v) is 7.32. The lowest BCUT2D eigenvalue weighted by atomic mass is 9.79. The Labute approximate surface area is 227 Å². The summed E-state index contributed by atoms with van der Waals surface area (Å²) in [5.41, 5.74) is 1.13. The molecule has 1 saturated heterocycles. The Morgan fingerprint density at radius 3 is 2.45 bits per heavy atom. The molecule has 9 heteroatoms. The number of aromatic nitrogens is 2. The van der Waals surface area contributed by atoms with E-state index in [-0.39, 0.29) is 5.41 Å². The highest BCUT2D eigenvalue weighted by Crippen LogP contribution is 2.49. The molecule has 2 heterocycles. The Balaban J connectivity index is 1.49. The molecule has 0 aliphatic carbocycles. The molecular weight excluding hydrogens is 504 g/mol. The zero-order valence-corrected chi connectivity index (χ0v) is 22.5. The van der Waals surface area contributed by atoms with Crippen LogP contribution in [0.15, 0.2) is 79.6 Å². The summed E-state index contributed by atoms with van der Waals surface area (Å²) in [4.78, 5) is 27.9. The Kier molecular flexibility index (Phi) is 7.78. The highest BCUT2D eigenvalue weighted by atomic mass is 35.5. The number of halogens is 1. The highest BCUT2D eigenvalue weighted by Gasteiger charge is 2.52. The first-order chi connectivity index (χ1) is 18.0. The van der Waals surface area contributed by atoms with E-state index in [4.69, 9.17) is 11.6 Å². The summed E-state index contributed by atoms with van der Waals surface area (Å²) in [5.74, 6) is -1.60. The zero-order valence-electron chi connectivity index (χ0n) is 21.7. The van der Waals surface area contributed by atoms with Crippen LogP contribution < -0.4 is 5.32 Å². The number of hydrogen-bond acceptors (Lipinski definition) is 5. The van der Waals surface area contributed by atoms with Gasteiger partial charge < -0.3 is 20.4 Å². The minimum Gasteiger partial charge on any atom is -0.380 e. The summed E-state index contributed by atoms with van der Waals surface area (Å²) >= 11 is 6.24. The zero-order chi connectivity index (χ0) is 27.7. The van der Waals surface area contributed by atoms with Gasteiger partial charge >= 0.3 is 0 Å². The number of nitrogens with one attached hydrogen (secondary N) is 1. The first-order valence-corrected chi connectivity index (χ1v) is 12.8. The first kappa shape index (κ1) is 27.6. The van der Waals surface area contributed by atoms with E-state index in [0.717, 1.165) is 16.8 Å². The fourth-order valence-electron chi connectivity index (χ4n) is 5.20. The van der Waals surface area contributed by atoms with Crippen LogP contribution >= 0.6 is 11.6 Å². The van der Waals surface area contributed by atoms with E-state index in [9.17, 15) is 19.8 Å². The van der Waals surface area contributed by atoms with Crippen molar-refractivity contribution in [3.05, 3.63) is 95.8 Å². The van der Waals surface area contributed by atoms with E-state index in [2.05, 4.69) is 17.0 Å². The largest absolute Gasteiger partial charge is 0.380 e. The quantitative estimate of drug-likeness (QED) is 0.380. The van der Waals surface area contributed by atoms with Crippen molar-refractivity contribution in [2.75, 3.05) is 6.54 Å². The number of carbonyl (C=O) groups excluding carboxylic acids is 2. The Bertz CT molecular complexity index is 1310. The van der Waals surface area contributed by atoms with Gasteiger partial charge in [-0.1, -0.05) is 55.8 Å². The van der Waals surface area contributed by atoms with Crippen LogP contribution in [0.25, 0.3) is 5.69 Å². The smallest absolute Gasteiger partial charge is 0.255 e. The van der Waals surface area contributed by atoms with Gasteiger partial charge in [-0.25, -0.2) is 4.68 Å². The minimum atomic E-state index is -1.96. The van der Waals surface area contributed by atoms with Gasteiger partial charge in [0, 0.05) is 24.0 Å². The second kappa shape index (κ2) is 10.7. The molecule has 2 aromatic carbocycles. The van der Waals surface area contributed by atoms with Gasteiger partial charge in [0.15, 0.2) is 12.2 Å². The van der Waals surface area contributed by atoms with Crippen molar-refractivity contribution in [1.82, 2.24) is 20.0 Å². The maximum Gasteiger partial charge on any atom is 0.255 e. The molecule has 0 spiro atoms. The minimum absolute atomic E-state index is 0.300. The van der Waals surface area contributed by atoms with Crippen molar-refractivity contribution in [1.29, 1.82) is 0 Å². The molecule has 3 aromatic rings. The third-order valence-electron chi connectivity index (χ3n) is 7.09. The number of likely N-dealkylation sites (tertiary alicyclic amines) is 1. The van der Waals surface area contributed by atoms with Crippen LogP contribution in [0.2, 0.25) is 5.02 Å². The van der Waals surface area contributed by atoms with Crippen molar-refractivity contribution in [2.24, 2.45) is 5.41 Å². The molecule has 1 aliphatic heterocycles. The molecule has 0 radical (unpaired) electrons. The summed E-state index contributed by atoms with van der Waals surface area (Å²) in [6, 6.07) is 15.9. The predicted octanol–water partition coefficient (Wildman–Crippen LogP) is 3.76. The third kappa shape index (κ3) is 5.38. The van der Waals surface area contributed by atoms with Crippen LogP contribution in [0, 0.1) is 5.41 Å². The first-order valence-electron chi connectivity index (χ1n) is 12.4. The van der Waals surface area contributed by atoms with Crippen LogP contribution in [0.4, 0.5) is 0 Å². The van der Waals surface area contributed by atoms with Gasteiger partial charge in [-0.3, -0.25) is 9.59 Å². The molecule has 4 atom stereocenters. The number of amides is 2.